The van der Waals surface area contributed by atoms with Crippen LogP contribution in [0.4, 0.5) is 0 Å². The largest absolute Gasteiger partial charge is 2.00 e. The minimum atomic E-state index is 0. The van der Waals surface area contributed by atoms with Crippen LogP contribution in [0.25, 0.3) is 0 Å². The van der Waals surface area contributed by atoms with Gasteiger partial charge in [0.05, 0.1) is 0 Å². The summed E-state index contributed by atoms with van der Waals surface area (Å²) in [6.07, 6.45) is 0. The Morgan fingerprint density at radius 1 is 1.00 bits per heavy atom. The molecule has 0 N–H and O–H groups in total. The molecule has 0 nitrogen and oxygen atoms in total. The number of hydrogen-bond donors (Lipinski definition) is 0. The number of hydrogen-bond acceptors (Lipinski definition) is 0. The van der Waals surface area contributed by atoms with E-state index in [4.69, 9.17) is 0 Å². The van der Waals surface area contributed by atoms with E-state index in [9.17, 15) is 0 Å². The third-order valence-electron chi connectivity index (χ3n) is 0. The van der Waals surface area contributed by atoms with Gasteiger partial charge >= 0.3 is 49.0 Å². The van der Waals surface area contributed by atoms with E-state index >= 15 is 0 Å². The topological polar surface area (TPSA) is 0 Å². The molecule has 18 valence electrons. The molecular formula is H9B2NaZn. The average Bonchev–Trinajstić information content (AvgIpc) is 0. The summed E-state index contributed by atoms with van der Waals surface area (Å²) in [5.74, 6) is 0. The zero-order valence-corrected chi connectivity index (χ0v) is 6.67. The van der Waals surface area contributed by atoms with E-state index < -0.39 is 0 Å². The van der Waals surface area contributed by atoms with Crippen LogP contribution in [-0.2, 0) is 19.5 Å². The molecule has 0 saturated carbocycles. The van der Waals surface area contributed by atoms with Gasteiger partial charge in [0, 0.05) is 0 Å². The van der Waals surface area contributed by atoms with E-state index in [0.717, 1.165) is 0 Å². The molecule has 0 aliphatic carbocycles. The Morgan fingerprint density at radius 3 is 1.00 bits per heavy atom. The third kappa shape index (κ3) is 9.26. The van der Waals surface area contributed by atoms with Gasteiger partial charge in [0.2, 0.25) is 0 Å². The maximum atomic E-state index is 0. The molecule has 4 heavy (non-hydrogen) atoms. The fraction of sp³-hybridized carbons (Fsp3) is 0. The van der Waals surface area contributed by atoms with Crippen molar-refractivity contribution >= 4 is 16.8 Å². The molecule has 0 fully saturated rings. The van der Waals surface area contributed by atoms with Crippen LogP contribution in [0.2, 0.25) is 0 Å². The van der Waals surface area contributed by atoms with E-state index in [1.165, 1.54) is 0 Å². The Balaban J connectivity index is 0. The molecule has 0 aromatic rings. The first-order chi connectivity index (χ1) is 0. The summed E-state index contributed by atoms with van der Waals surface area (Å²) < 4.78 is 0. The van der Waals surface area contributed by atoms with Crippen LogP contribution in [0.15, 0.2) is 0 Å². The summed E-state index contributed by atoms with van der Waals surface area (Å²) >= 11 is 0. The summed E-state index contributed by atoms with van der Waals surface area (Å²) in [6.45, 7) is 0. The minimum absolute atomic E-state index is 0. The third-order valence-corrected chi connectivity index (χ3v) is 0. The Morgan fingerprint density at radius 2 is 1.00 bits per heavy atom. The average molecular weight is 119 g/mol. The second kappa shape index (κ2) is 21.8. The Hall–Kier alpha value is 1.75. The molecule has 0 amide bonds. The molecule has 0 unspecified atom stereocenters. The second-order valence-corrected chi connectivity index (χ2v) is 0. The predicted molar refractivity (Wildman–Crippen MR) is 23.8 cm³/mol. The van der Waals surface area contributed by atoms with Crippen molar-refractivity contribution in [3.8, 4) is 0 Å². The van der Waals surface area contributed by atoms with Gasteiger partial charge in [-0.05, 0) is 0 Å². The molecule has 0 aliphatic heterocycles. The van der Waals surface area contributed by atoms with Crippen molar-refractivity contribution in [2.45, 2.75) is 0 Å². The van der Waals surface area contributed by atoms with Crippen molar-refractivity contribution in [1.82, 2.24) is 0 Å². The first-order valence-corrected chi connectivity index (χ1v) is 0. The van der Waals surface area contributed by atoms with Gasteiger partial charge in [-0.2, -0.15) is 0 Å². The maximum Gasteiger partial charge on any atom is 2.00 e. The van der Waals surface area contributed by atoms with E-state index in [2.05, 4.69) is 0 Å². The van der Waals surface area contributed by atoms with Crippen LogP contribution in [0, 0.1) is 0 Å². The first-order valence-electron chi connectivity index (χ1n) is 0. The van der Waals surface area contributed by atoms with Crippen LogP contribution >= 0.6 is 0 Å². The summed E-state index contributed by atoms with van der Waals surface area (Å²) in [7, 11) is 0. The van der Waals surface area contributed by atoms with Gasteiger partial charge in [-0.3, -0.25) is 0 Å². The molecule has 0 bridgehead atoms. The van der Waals surface area contributed by atoms with Gasteiger partial charge in [0.15, 0.2) is 0 Å². The quantitative estimate of drug-likeness (QED) is 0.279. The van der Waals surface area contributed by atoms with Crippen LogP contribution in [0.5, 0.6) is 0 Å². The van der Waals surface area contributed by atoms with Crippen molar-refractivity contribution in [2.24, 2.45) is 0 Å². The fourth-order valence-electron chi connectivity index (χ4n) is 0. The molecule has 0 atom stereocenters. The van der Waals surface area contributed by atoms with E-state index in [0.29, 0.717) is 0 Å². The van der Waals surface area contributed by atoms with Crippen LogP contribution in [0.3, 0.4) is 0 Å². The standard InChI is InChI=1S/2BH4.Na.Zn.H/h2*1H4;;;/q2*-1;+1;+2;-1. The molecule has 4 heteroatoms. The minimum Gasteiger partial charge on any atom is -1.00 e. The van der Waals surface area contributed by atoms with Gasteiger partial charge in [0.1, 0.15) is 0 Å². The molecule has 0 saturated heterocycles. The normalized spacial score (nSPS) is 0. The molecule has 0 aliphatic rings. The Bertz CT molecular complexity index is 9.61. The van der Waals surface area contributed by atoms with Crippen molar-refractivity contribution in [2.75, 3.05) is 0 Å². The summed E-state index contributed by atoms with van der Waals surface area (Å²) in [5, 5.41) is 0. The van der Waals surface area contributed by atoms with Crippen molar-refractivity contribution in [1.29, 1.82) is 0 Å². The molecule has 0 radical (unpaired) electrons. The van der Waals surface area contributed by atoms with Crippen LogP contribution in [0.1, 0.15) is 1.43 Å². The first kappa shape index (κ1) is 42.3. The predicted octanol–water partition coefficient (Wildman–Crippen LogP) is -5.79. The van der Waals surface area contributed by atoms with Gasteiger partial charge in [0.25, 0.3) is 0 Å². The second-order valence-electron chi connectivity index (χ2n) is 0. The summed E-state index contributed by atoms with van der Waals surface area (Å²) in [4.78, 5) is 0. The summed E-state index contributed by atoms with van der Waals surface area (Å²) in [5.41, 5.74) is 0. The van der Waals surface area contributed by atoms with E-state index in [-0.39, 0.29) is 67.3 Å². The molecule has 0 aromatic carbocycles. The Labute approximate surface area is 66.8 Å². The zero-order valence-electron chi connectivity index (χ0n) is 2.71. The van der Waals surface area contributed by atoms with Crippen molar-refractivity contribution < 1.29 is 50.5 Å². The SMILES string of the molecule is [BH4-].[BH4-].[H-].[Na+].[Zn+2]. The summed E-state index contributed by atoms with van der Waals surface area (Å²) in [6, 6.07) is 0. The smallest absolute Gasteiger partial charge is 1.00 e. The van der Waals surface area contributed by atoms with Gasteiger partial charge < -0.3 is 1.43 Å². The van der Waals surface area contributed by atoms with Gasteiger partial charge in [-0.15, -0.1) is 0 Å². The van der Waals surface area contributed by atoms with E-state index in [1.54, 1.807) is 0 Å². The Kier molecular flexibility index (Phi) is 230. The maximum absolute atomic E-state index is 0. The van der Waals surface area contributed by atoms with Crippen LogP contribution < -0.4 is 29.6 Å². The van der Waals surface area contributed by atoms with Crippen molar-refractivity contribution in [3.05, 3.63) is 0 Å². The van der Waals surface area contributed by atoms with Crippen molar-refractivity contribution in [3.63, 3.8) is 0 Å². The fourth-order valence-corrected chi connectivity index (χ4v) is 0. The monoisotopic (exact) mass is 118 g/mol. The molecule has 0 rings (SSSR count). The number of rotatable bonds is 0. The molecule has 0 aromatic heterocycles. The molecule has 0 heterocycles. The molecule has 0 spiro atoms. The molecular weight excluding hydrogens is 110 g/mol. The zero-order chi connectivity index (χ0) is 0. The van der Waals surface area contributed by atoms with Crippen LogP contribution in [-0.4, -0.2) is 16.8 Å². The van der Waals surface area contributed by atoms with Gasteiger partial charge in [-0.25, -0.2) is 0 Å². The van der Waals surface area contributed by atoms with Gasteiger partial charge in [-0.1, -0.05) is 16.8 Å². The van der Waals surface area contributed by atoms with E-state index in [1.807, 2.05) is 0 Å².